The number of ether oxygens (including phenoxy) is 1. The van der Waals surface area contributed by atoms with Gasteiger partial charge in [0.2, 0.25) is 0 Å². The molecule has 0 radical (unpaired) electrons. The van der Waals surface area contributed by atoms with Crippen molar-refractivity contribution in [2.24, 2.45) is 11.8 Å². The topological polar surface area (TPSA) is 83.8 Å². The third-order valence-electron chi connectivity index (χ3n) is 3.25. The lowest BCUT2D eigenvalue weighted by Crippen LogP contribution is -2.32. The van der Waals surface area contributed by atoms with Crippen molar-refractivity contribution in [2.75, 3.05) is 13.7 Å². The number of methoxy groups -OCH3 is 1. The van der Waals surface area contributed by atoms with E-state index in [1.807, 2.05) is 6.92 Å². The van der Waals surface area contributed by atoms with E-state index in [0.717, 1.165) is 19.3 Å². The lowest BCUT2D eigenvalue weighted by atomic mass is 9.94. The largest absolute Gasteiger partial charge is 0.469 e. The highest BCUT2D eigenvalue weighted by Crippen LogP contribution is 2.17. The van der Waals surface area contributed by atoms with Gasteiger partial charge in [0, 0.05) is 6.42 Å². The molecule has 19 heavy (non-hydrogen) atoms. The summed E-state index contributed by atoms with van der Waals surface area (Å²) in [6, 6.07) is 0. The van der Waals surface area contributed by atoms with Crippen LogP contribution in [0.2, 0.25) is 0 Å². The second-order valence-corrected chi connectivity index (χ2v) is 5.18. The summed E-state index contributed by atoms with van der Waals surface area (Å²) >= 11 is 0. The van der Waals surface area contributed by atoms with Crippen molar-refractivity contribution < 1.29 is 24.5 Å². The van der Waals surface area contributed by atoms with Crippen LogP contribution in [0.1, 0.15) is 46.0 Å². The number of Topliss-reactive ketones (excluding diaryl/α,β-unsaturated/α-hetero) is 1. The lowest BCUT2D eigenvalue weighted by Gasteiger charge is -2.18. The molecule has 2 N–H and O–H groups in total. The zero-order valence-corrected chi connectivity index (χ0v) is 12.1. The highest BCUT2D eigenvalue weighted by atomic mass is 16.5. The van der Waals surface area contributed by atoms with Gasteiger partial charge in [0.25, 0.3) is 0 Å². The summed E-state index contributed by atoms with van der Waals surface area (Å²) in [7, 11) is 1.24. The zero-order chi connectivity index (χ0) is 14.8. The molecule has 0 aromatic carbocycles. The van der Waals surface area contributed by atoms with Gasteiger partial charge in [-0.3, -0.25) is 4.79 Å². The maximum absolute atomic E-state index is 11.3. The average molecular weight is 274 g/mol. The van der Waals surface area contributed by atoms with Crippen molar-refractivity contribution in [3.05, 3.63) is 0 Å². The number of aliphatic hydroxyl groups excluding tert-OH is 2. The van der Waals surface area contributed by atoms with E-state index in [1.165, 1.54) is 7.11 Å². The molecule has 0 bridgehead atoms. The number of rotatable bonds is 10. The molecule has 0 aromatic heterocycles. The minimum absolute atomic E-state index is 0.193. The van der Waals surface area contributed by atoms with E-state index in [-0.39, 0.29) is 5.78 Å². The van der Waals surface area contributed by atoms with Crippen molar-refractivity contribution in [1.29, 1.82) is 0 Å². The van der Waals surface area contributed by atoms with Crippen LogP contribution in [0.4, 0.5) is 0 Å². The Kier molecular flexibility index (Phi) is 9.43. The Morgan fingerprint density at radius 2 is 1.79 bits per heavy atom. The van der Waals surface area contributed by atoms with Crippen LogP contribution >= 0.6 is 0 Å². The van der Waals surface area contributed by atoms with Crippen LogP contribution in [0, 0.1) is 11.8 Å². The van der Waals surface area contributed by atoms with E-state index < -0.39 is 24.6 Å². The van der Waals surface area contributed by atoms with Crippen LogP contribution in [0.25, 0.3) is 0 Å². The van der Waals surface area contributed by atoms with Crippen molar-refractivity contribution in [3.63, 3.8) is 0 Å². The normalized spacial score (nSPS) is 15.6. The second kappa shape index (κ2) is 9.92. The number of unbranched alkanes of at least 4 members (excludes halogenated alkanes) is 1. The van der Waals surface area contributed by atoms with E-state index in [1.54, 1.807) is 6.92 Å². The summed E-state index contributed by atoms with van der Waals surface area (Å²) in [4.78, 5) is 22.2. The monoisotopic (exact) mass is 274 g/mol. The number of carbonyl (C=O) groups is 2. The van der Waals surface area contributed by atoms with E-state index in [2.05, 4.69) is 4.74 Å². The Bertz CT molecular complexity index is 277. The van der Waals surface area contributed by atoms with Gasteiger partial charge in [-0.1, -0.05) is 26.2 Å². The first-order valence-electron chi connectivity index (χ1n) is 6.78. The highest BCUT2D eigenvalue weighted by Gasteiger charge is 2.26. The molecule has 0 saturated carbocycles. The zero-order valence-electron chi connectivity index (χ0n) is 12.1. The molecule has 0 fully saturated rings. The molecule has 0 amide bonds. The highest BCUT2D eigenvalue weighted by molar-refractivity contribution is 5.75. The van der Waals surface area contributed by atoms with Crippen LogP contribution in [-0.2, 0) is 14.3 Å². The summed E-state index contributed by atoms with van der Waals surface area (Å²) in [5, 5.41) is 18.8. The first-order valence-corrected chi connectivity index (χ1v) is 6.78. The number of hydrogen-bond donors (Lipinski definition) is 2. The maximum atomic E-state index is 11.3. The molecule has 3 atom stereocenters. The van der Waals surface area contributed by atoms with E-state index >= 15 is 0 Å². The number of ketones is 1. The molecule has 112 valence electrons. The number of aliphatic hydroxyl groups is 2. The predicted octanol–water partition coefficient (Wildman–Crippen LogP) is 1.30. The quantitative estimate of drug-likeness (QED) is 0.463. The smallest absolute Gasteiger partial charge is 0.313 e. The Hall–Kier alpha value is -0.940. The van der Waals surface area contributed by atoms with E-state index in [9.17, 15) is 14.7 Å². The van der Waals surface area contributed by atoms with Gasteiger partial charge in [-0.15, -0.1) is 0 Å². The summed E-state index contributed by atoms with van der Waals surface area (Å²) in [6.07, 6.45) is 2.74. The Labute approximate surface area is 115 Å². The molecular weight excluding hydrogens is 248 g/mol. The molecule has 0 aliphatic carbocycles. The number of hydrogen-bond acceptors (Lipinski definition) is 5. The van der Waals surface area contributed by atoms with Gasteiger partial charge in [-0.25, -0.2) is 0 Å². The molecule has 0 aliphatic heterocycles. The van der Waals surface area contributed by atoms with Crippen LogP contribution in [0.15, 0.2) is 0 Å². The van der Waals surface area contributed by atoms with Gasteiger partial charge in [-0.05, 0) is 19.3 Å². The van der Waals surface area contributed by atoms with Gasteiger partial charge in [0.05, 0.1) is 19.8 Å². The second-order valence-electron chi connectivity index (χ2n) is 5.18. The minimum Gasteiger partial charge on any atom is -0.469 e. The van der Waals surface area contributed by atoms with Crippen LogP contribution in [0.3, 0.4) is 0 Å². The number of carbonyl (C=O) groups excluding carboxylic acids is 2. The molecule has 5 nitrogen and oxygen atoms in total. The lowest BCUT2D eigenvalue weighted by molar-refractivity contribution is -0.151. The fraction of sp³-hybridized carbons (Fsp3) is 0.857. The van der Waals surface area contributed by atoms with Gasteiger partial charge in [-0.2, -0.15) is 0 Å². The average Bonchev–Trinajstić information content (AvgIpc) is 2.34. The first-order chi connectivity index (χ1) is 8.92. The fourth-order valence-corrected chi connectivity index (χ4v) is 2.14. The SMILES string of the molecule is COC(=O)[C@H](CO)[C@H](O)CCCC[C@@H](C)CC(C)=O. The molecule has 0 saturated heterocycles. The van der Waals surface area contributed by atoms with Crippen LogP contribution in [0.5, 0.6) is 0 Å². The molecule has 0 aromatic rings. The van der Waals surface area contributed by atoms with Gasteiger partial charge >= 0.3 is 5.97 Å². The first kappa shape index (κ1) is 18.1. The summed E-state index contributed by atoms with van der Waals surface area (Å²) in [5.74, 6) is -0.901. The van der Waals surface area contributed by atoms with Crippen molar-refractivity contribution in [3.8, 4) is 0 Å². The Balaban J connectivity index is 3.87. The molecular formula is C14H26O5. The van der Waals surface area contributed by atoms with Crippen LogP contribution in [-0.4, -0.2) is 41.8 Å². The third kappa shape index (κ3) is 7.95. The van der Waals surface area contributed by atoms with Crippen molar-refractivity contribution in [2.45, 2.75) is 52.1 Å². The van der Waals surface area contributed by atoms with Gasteiger partial charge in [0.15, 0.2) is 0 Å². The fourth-order valence-electron chi connectivity index (χ4n) is 2.14. The summed E-state index contributed by atoms with van der Waals surface area (Å²) < 4.78 is 4.52. The number of esters is 1. The molecule has 0 unspecified atom stereocenters. The molecule has 5 heteroatoms. The van der Waals surface area contributed by atoms with Crippen molar-refractivity contribution >= 4 is 11.8 Å². The third-order valence-corrected chi connectivity index (χ3v) is 3.25. The molecule has 0 spiro atoms. The summed E-state index contributed by atoms with van der Waals surface area (Å²) in [6.45, 7) is 3.21. The molecule has 0 heterocycles. The van der Waals surface area contributed by atoms with E-state index in [0.29, 0.717) is 18.8 Å². The standard InChI is InChI=1S/C14H26O5/c1-10(8-11(2)16)6-4-5-7-13(17)12(9-15)14(18)19-3/h10,12-13,15,17H,4-9H2,1-3H3/t10-,12-,13-/m1/s1. The molecule has 0 rings (SSSR count). The van der Waals surface area contributed by atoms with E-state index in [4.69, 9.17) is 5.11 Å². The van der Waals surface area contributed by atoms with Crippen molar-refractivity contribution in [1.82, 2.24) is 0 Å². The van der Waals surface area contributed by atoms with Crippen LogP contribution < -0.4 is 0 Å². The Morgan fingerprint density at radius 3 is 2.26 bits per heavy atom. The predicted molar refractivity (Wildman–Crippen MR) is 71.5 cm³/mol. The Morgan fingerprint density at radius 1 is 1.21 bits per heavy atom. The van der Waals surface area contributed by atoms with Gasteiger partial charge in [0.1, 0.15) is 11.7 Å². The maximum Gasteiger partial charge on any atom is 0.313 e. The van der Waals surface area contributed by atoms with Gasteiger partial charge < -0.3 is 19.7 Å². The molecule has 0 aliphatic rings. The minimum atomic E-state index is -0.874. The summed E-state index contributed by atoms with van der Waals surface area (Å²) in [5.41, 5.74) is 0.